The minimum Gasteiger partial charge on any atom is -0.489 e. The van der Waals surface area contributed by atoms with Crippen LogP contribution in [0, 0.1) is 17.2 Å². The van der Waals surface area contributed by atoms with Crippen LogP contribution in [0.1, 0.15) is 48.4 Å². The summed E-state index contributed by atoms with van der Waals surface area (Å²) in [6.45, 7) is 3.77. The van der Waals surface area contributed by atoms with Crippen molar-refractivity contribution in [3.8, 4) is 11.8 Å². The summed E-state index contributed by atoms with van der Waals surface area (Å²) in [5, 5.41) is 20.2. The summed E-state index contributed by atoms with van der Waals surface area (Å²) in [7, 11) is 4.29. The summed E-state index contributed by atoms with van der Waals surface area (Å²) in [6, 6.07) is 15.7. The van der Waals surface area contributed by atoms with Crippen molar-refractivity contribution >= 4 is 5.97 Å². The molecule has 200 valence electrons. The van der Waals surface area contributed by atoms with E-state index in [-0.39, 0.29) is 12.6 Å². The molecular weight excluding hydrogens is 466 g/mol. The van der Waals surface area contributed by atoms with Gasteiger partial charge >= 0.3 is 5.97 Å². The number of hydrogen-bond acceptors (Lipinski definition) is 6. The van der Waals surface area contributed by atoms with Crippen LogP contribution in [0.3, 0.4) is 0 Å². The Morgan fingerprint density at radius 3 is 2.57 bits per heavy atom. The van der Waals surface area contributed by atoms with Gasteiger partial charge in [-0.05, 0) is 73.8 Å². The Labute approximate surface area is 221 Å². The van der Waals surface area contributed by atoms with Crippen molar-refractivity contribution in [2.75, 3.05) is 40.4 Å². The molecule has 0 aliphatic heterocycles. The van der Waals surface area contributed by atoms with E-state index in [4.69, 9.17) is 15.2 Å². The van der Waals surface area contributed by atoms with E-state index in [9.17, 15) is 15.2 Å². The Bertz CT molecular complexity index is 1050. The fourth-order valence-electron chi connectivity index (χ4n) is 5.11. The monoisotopic (exact) mass is 508 g/mol. The number of aliphatic hydroxyl groups is 1. The molecule has 3 N–H and O–H groups in total. The molecule has 0 fully saturated rings. The number of carbonyl (C=O) groups excluding carboxylic acids is 1. The molecule has 0 spiro atoms. The second-order valence-corrected chi connectivity index (χ2v) is 10.8. The summed E-state index contributed by atoms with van der Waals surface area (Å²) in [4.78, 5) is 11.7. The van der Waals surface area contributed by atoms with Gasteiger partial charge in [-0.25, -0.2) is 0 Å². The van der Waals surface area contributed by atoms with Gasteiger partial charge in [-0.2, -0.15) is 5.26 Å². The molecule has 0 unspecified atom stereocenters. The molecule has 2 atom stereocenters. The van der Waals surface area contributed by atoms with Crippen LogP contribution in [0.5, 0.6) is 5.75 Å². The molecule has 0 heterocycles. The van der Waals surface area contributed by atoms with Gasteiger partial charge in [0.2, 0.25) is 0 Å². The van der Waals surface area contributed by atoms with Crippen LogP contribution < -0.4 is 10.5 Å². The minimum atomic E-state index is -0.645. The van der Waals surface area contributed by atoms with Crippen molar-refractivity contribution in [1.29, 1.82) is 5.26 Å². The topological polar surface area (TPSA) is 106 Å². The van der Waals surface area contributed by atoms with Gasteiger partial charge in [-0.1, -0.05) is 30.3 Å². The highest BCUT2D eigenvalue weighted by Crippen LogP contribution is 2.29. The van der Waals surface area contributed by atoms with Crippen molar-refractivity contribution in [3.63, 3.8) is 0 Å². The average molecular weight is 509 g/mol. The number of aliphatic hydroxyl groups excluding tert-OH is 1. The van der Waals surface area contributed by atoms with Gasteiger partial charge in [0, 0.05) is 6.42 Å². The first-order valence-corrected chi connectivity index (χ1v) is 13.4. The van der Waals surface area contributed by atoms with Gasteiger partial charge in [0.05, 0.1) is 32.8 Å². The SMILES string of the molecule is CCOC(=O)[C@H](N)CCCc1ccc(C#N)c(OC[C@H](O)C[N+](C)(C)CCC2Cc3ccccc3C2)c1. The van der Waals surface area contributed by atoms with Crippen LogP contribution in [-0.2, 0) is 28.8 Å². The number of aryl methyl sites for hydroxylation is 1. The molecular formula is C30H42N3O4+. The third kappa shape index (κ3) is 8.85. The molecule has 0 saturated carbocycles. The lowest BCUT2D eigenvalue weighted by molar-refractivity contribution is -0.894. The quantitative estimate of drug-likeness (QED) is 0.299. The van der Waals surface area contributed by atoms with Crippen molar-refractivity contribution < 1.29 is 23.9 Å². The summed E-state index contributed by atoms with van der Waals surface area (Å²) in [5.74, 6) is 0.758. The number of likely N-dealkylation sites (N-methyl/N-ethyl adjacent to an activating group) is 1. The largest absolute Gasteiger partial charge is 0.489 e. The second kappa shape index (κ2) is 13.6. The van der Waals surface area contributed by atoms with Gasteiger partial charge in [0.15, 0.2) is 0 Å². The number of nitriles is 1. The zero-order valence-corrected chi connectivity index (χ0v) is 22.5. The van der Waals surface area contributed by atoms with E-state index in [2.05, 4.69) is 44.4 Å². The van der Waals surface area contributed by atoms with Gasteiger partial charge in [0.25, 0.3) is 0 Å². The van der Waals surface area contributed by atoms with Gasteiger partial charge in [-0.3, -0.25) is 4.79 Å². The predicted molar refractivity (Wildman–Crippen MR) is 144 cm³/mol. The number of quaternary nitrogens is 1. The van der Waals surface area contributed by atoms with E-state index in [0.29, 0.717) is 54.1 Å². The van der Waals surface area contributed by atoms with E-state index in [1.54, 1.807) is 13.0 Å². The Hall–Kier alpha value is -2.92. The molecule has 0 saturated heterocycles. The number of hydrogen-bond donors (Lipinski definition) is 2. The van der Waals surface area contributed by atoms with Crippen molar-refractivity contribution in [3.05, 3.63) is 64.7 Å². The molecule has 0 aromatic heterocycles. The van der Waals surface area contributed by atoms with Gasteiger partial charge < -0.3 is 24.8 Å². The fourth-order valence-corrected chi connectivity index (χ4v) is 5.11. The van der Waals surface area contributed by atoms with E-state index >= 15 is 0 Å². The number of benzene rings is 2. The van der Waals surface area contributed by atoms with Crippen LogP contribution in [-0.4, -0.2) is 68.1 Å². The van der Waals surface area contributed by atoms with E-state index < -0.39 is 12.1 Å². The standard InChI is InChI=1S/C30H42N3O4/c1-4-36-30(35)28(32)11-7-8-22-12-13-26(19-31)29(18-22)37-21-27(34)20-33(2,3)15-14-23-16-24-9-5-6-10-25(24)17-23/h5-6,9-10,12-13,18,23,27-28,34H,4,7-8,11,14-17,20-21,32H2,1-3H3/q+1/t27-,28-/m1/s1. The molecule has 7 heteroatoms. The summed E-state index contributed by atoms with van der Waals surface area (Å²) in [5.41, 5.74) is 10.3. The highest BCUT2D eigenvalue weighted by Gasteiger charge is 2.26. The van der Waals surface area contributed by atoms with Crippen molar-refractivity contribution in [2.45, 2.75) is 57.6 Å². The lowest BCUT2D eigenvalue weighted by Gasteiger charge is -2.32. The first-order chi connectivity index (χ1) is 17.7. The third-order valence-corrected chi connectivity index (χ3v) is 7.15. The summed E-state index contributed by atoms with van der Waals surface area (Å²) < 4.78 is 11.6. The van der Waals surface area contributed by atoms with E-state index in [1.807, 2.05) is 12.1 Å². The number of fused-ring (bicyclic) bond motifs is 1. The number of nitrogens with zero attached hydrogens (tertiary/aromatic N) is 2. The normalized spacial score (nSPS) is 15.0. The maximum absolute atomic E-state index is 11.7. The molecule has 0 amide bonds. The number of ether oxygens (including phenoxy) is 2. The van der Waals surface area contributed by atoms with Gasteiger partial charge in [0.1, 0.15) is 37.1 Å². The Balaban J connectivity index is 1.45. The minimum absolute atomic E-state index is 0.127. The molecule has 7 nitrogen and oxygen atoms in total. The molecule has 0 radical (unpaired) electrons. The molecule has 0 bridgehead atoms. The van der Waals surface area contributed by atoms with Crippen LogP contribution >= 0.6 is 0 Å². The van der Waals surface area contributed by atoms with Crippen molar-refractivity contribution in [1.82, 2.24) is 0 Å². The highest BCUT2D eigenvalue weighted by atomic mass is 16.5. The number of carbonyl (C=O) groups is 1. The summed E-state index contributed by atoms with van der Waals surface area (Å²) >= 11 is 0. The summed E-state index contributed by atoms with van der Waals surface area (Å²) in [6.07, 6.45) is 4.70. The zero-order chi connectivity index (χ0) is 26.8. The lowest BCUT2D eigenvalue weighted by Crippen LogP contribution is -2.48. The first-order valence-electron chi connectivity index (χ1n) is 13.4. The average Bonchev–Trinajstić information content (AvgIpc) is 3.29. The van der Waals surface area contributed by atoms with Crippen molar-refractivity contribution in [2.24, 2.45) is 11.7 Å². The lowest BCUT2D eigenvalue weighted by atomic mass is 10.0. The Morgan fingerprint density at radius 1 is 1.22 bits per heavy atom. The first kappa shape index (κ1) is 28.6. The maximum Gasteiger partial charge on any atom is 0.322 e. The van der Waals surface area contributed by atoms with Crippen LogP contribution in [0.15, 0.2) is 42.5 Å². The molecule has 37 heavy (non-hydrogen) atoms. The molecule has 1 aliphatic carbocycles. The predicted octanol–water partition coefficient (Wildman–Crippen LogP) is 3.39. The maximum atomic E-state index is 11.7. The smallest absolute Gasteiger partial charge is 0.322 e. The second-order valence-electron chi connectivity index (χ2n) is 10.8. The van der Waals surface area contributed by atoms with Crippen LogP contribution in [0.2, 0.25) is 0 Å². The zero-order valence-electron chi connectivity index (χ0n) is 22.5. The Morgan fingerprint density at radius 2 is 1.92 bits per heavy atom. The molecule has 2 aromatic carbocycles. The van der Waals surface area contributed by atoms with E-state index in [0.717, 1.165) is 31.4 Å². The fraction of sp³-hybridized carbons (Fsp3) is 0.533. The number of rotatable bonds is 14. The Kier molecular flexibility index (Phi) is 10.5. The number of nitrogens with two attached hydrogens (primary N) is 1. The third-order valence-electron chi connectivity index (χ3n) is 7.15. The number of esters is 1. The highest BCUT2D eigenvalue weighted by molar-refractivity contribution is 5.75. The van der Waals surface area contributed by atoms with Crippen LogP contribution in [0.25, 0.3) is 0 Å². The van der Waals surface area contributed by atoms with E-state index in [1.165, 1.54) is 11.1 Å². The molecule has 1 aliphatic rings. The van der Waals surface area contributed by atoms with Gasteiger partial charge in [-0.15, -0.1) is 0 Å². The molecule has 3 rings (SSSR count). The van der Waals surface area contributed by atoms with Crippen LogP contribution in [0.4, 0.5) is 0 Å². The molecule has 2 aromatic rings.